The number of amidine groups is 2. The molecule has 0 aliphatic heterocycles. The van der Waals surface area contributed by atoms with Crippen molar-refractivity contribution in [3.63, 3.8) is 0 Å². The van der Waals surface area contributed by atoms with E-state index in [-0.39, 0.29) is 200 Å². The first kappa shape index (κ1) is 87.5. The number of esters is 3. The van der Waals surface area contributed by atoms with Crippen molar-refractivity contribution in [1.82, 2.24) is 5.09 Å². The number of carboxylic acid groups (broad SMARTS) is 3. The van der Waals surface area contributed by atoms with Crippen LogP contribution in [0.4, 0.5) is 0 Å². The van der Waals surface area contributed by atoms with Gasteiger partial charge in [0.05, 0.1) is 11.7 Å². The van der Waals surface area contributed by atoms with Crippen molar-refractivity contribution in [2.24, 2.45) is 27.2 Å². The summed E-state index contributed by atoms with van der Waals surface area (Å²) in [4.78, 5) is 127. The molecule has 0 amide bonds. The Morgan fingerprint density at radius 3 is 1.16 bits per heavy atom. The fraction of sp³-hybridized carbons (Fsp3) is 0.312. The van der Waals surface area contributed by atoms with Gasteiger partial charge in [-0.2, -0.15) is 0 Å². The number of alkyl halides is 1. The third kappa shape index (κ3) is 26.9. The minimum atomic E-state index is -1.65. The SMILES string of the molecule is CC(N)=NCCCC[C@H](N)C(=O)OCOC(=O)c1cc(=O)c2c(OCC(O)COc3cccc4oc(C(=O)[O-])cc(=O)c34)cccc2o1.CC(N)=NCCCC[C@H](NP)C(=O)OCCl.O=C([O-])c1cc(=O)c2c(OCC(O)COc3cccc4oc(C(=O)[O-])cc(=O)c34)cccc2o1.[Na+].[Na+].[Na+]. The van der Waals surface area contributed by atoms with Crippen LogP contribution in [0.2, 0.25) is 0 Å². The van der Waals surface area contributed by atoms with Gasteiger partial charge in [-0.05, 0) is 101 Å². The maximum absolute atomic E-state index is 12.9. The van der Waals surface area contributed by atoms with E-state index in [0.717, 1.165) is 37.1 Å². The Morgan fingerprint density at radius 2 is 0.842 bits per heavy atom. The molecular weight excluding hydrogens is 1400 g/mol. The molecule has 4 aromatic heterocycles. The van der Waals surface area contributed by atoms with Gasteiger partial charge < -0.3 is 108 Å². The Morgan fingerprint density at radius 1 is 0.515 bits per heavy atom. The quantitative estimate of drug-likeness (QED) is 0.00333. The van der Waals surface area contributed by atoms with E-state index in [2.05, 4.69) is 24.5 Å². The zero-order valence-electron chi connectivity index (χ0n) is 55.2. The maximum Gasteiger partial charge on any atom is 1.00 e. The van der Waals surface area contributed by atoms with Crippen molar-refractivity contribution in [3.05, 3.63) is 161 Å². The molecule has 0 radical (unpaired) electrons. The van der Waals surface area contributed by atoms with E-state index in [9.17, 15) is 73.5 Å². The van der Waals surface area contributed by atoms with E-state index < -0.39 is 99.6 Å². The fourth-order valence-corrected chi connectivity index (χ4v) is 9.15. The van der Waals surface area contributed by atoms with E-state index in [1.54, 1.807) is 13.8 Å². The Balaban J connectivity index is 0.000000435. The van der Waals surface area contributed by atoms with Crippen molar-refractivity contribution in [1.29, 1.82) is 0 Å². The van der Waals surface area contributed by atoms with Crippen LogP contribution >= 0.6 is 21.0 Å². The predicted molar refractivity (Wildman–Crippen MR) is 347 cm³/mol. The molecule has 101 heavy (non-hydrogen) atoms. The topological polar surface area (TPSA) is 512 Å². The van der Waals surface area contributed by atoms with E-state index in [1.165, 1.54) is 72.8 Å². The average molecular weight is 1470 g/mol. The summed E-state index contributed by atoms with van der Waals surface area (Å²) in [5.74, 6) is -8.25. The van der Waals surface area contributed by atoms with Crippen LogP contribution in [-0.4, -0.2) is 134 Å². The van der Waals surface area contributed by atoms with Crippen LogP contribution in [0.3, 0.4) is 0 Å². The van der Waals surface area contributed by atoms with Gasteiger partial charge in [-0.15, -0.1) is 0 Å². The standard InChI is InChI=1S/C32H33N3O13.C23H16O11.C9H19ClN3O2P.3Na/c1-17(33)35-11-3-2-6-19(34)31(41)45-16-46-32(42)27-13-21(38)29-23(8-5-10-25(29)48-27)44-15-18(36)14-43-22-7-4-9-24-28(22)20(37)12-26(47-24)30(39)40;24-11(9-31-14-3-1-5-16-20(14)12(25)7-18(33-16)22(27)28)10-32-15-4-2-6-17-21(15)13(26)8-19(34-17)23(29)30;1-7(11)12-5-3-2-4-8(13-16)9(14)15-6-10;;;/h4-5,7-10,12-13,18-19,36H,2-3,6,11,14-16,34H2,1H3,(H2,33,35)(H,39,40);1-8,11,24H,9-10H2,(H,27,28)(H,29,30);8,13H,2-6,16H2,1H3,(H2,11,12);;;/q;;;3*+1/p-3/t18?,19-;;8-;;;/m0.0.../s1. The number of aliphatic hydroxyl groups excluding tert-OH is 2. The number of carbonyl (C=O) groups is 6. The largest absolute Gasteiger partial charge is 1.00 e. The molecule has 0 aliphatic carbocycles. The van der Waals surface area contributed by atoms with Crippen LogP contribution in [0.25, 0.3) is 43.9 Å². The molecule has 4 atom stereocenters. The number of fused-ring (bicyclic) bond motifs is 4. The number of hydrogen-bond donors (Lipinski definition) is 6. The number of nitrogens with zero attached hydrogens (tertiary/aromatic N) is 2. The Labute approximate surface area is 645 Å². The van der Waals surface area contributed by atoms with Crippen LogP contribution < -0.4 is 167 Å². The van der Waals surface area contributed by atoms with Crippen molar-refractivity contribution < 1.29 is 194 Å². The first-order valence-electron chi connectivity index (χ1n) is 29.4. The summed E-state index contributed by atoms with van der Waals surface area (Å²) in [6.45, 7) is 2.52. The normalized spacial score (nSPS) is 12.0. The van der Waals surface area contributed by atoms with Gasteiger partial charge in [0, 0.05) is 37.4 Å². The number of hydrogen-bond acceptors (Lipinski definition) is 30. The number of aliphatic hydroxyl groups is 2. The molecule has 0 fully saturated rings. The molecule has 2 unspecified atom stereocenters. The monoisotopic (exact) mass is 1470 g/mol. The number of ether oxygens (including phenoxy) is 7. The number of unbranched alkanes of at least 4 members (excludes halogenated alkanes) is 2. The zero-order valence-corrected chi connectivity index (χ0v) is 63.1. The Bertz CT molecular complexity index is 4370. The van der Waals surface area contributed by atoms with E-state index in [1.807, 2.05) is 0 Å². The average Bonchev–Trinajstić information content (AvgIpc) is 0.817. The molecule has 4 aromatic carbocycles. The molecule has 0 aliphatic rings. The molecule has 0 saturated carbocycles. The third-order valence-corrected chi connectivity index (χ3v) is 13.8. The van der Waals surface area contributed by atoms with Crippen molar-refractivity contribution in [3.8, 4) is 23.0 Å². The second-order valence-electron chi connectivity index (χ2n) is 20.8. The summed E-state index contributed by atoms with van der Waals surface area (Å²) in [5, 5.41) is 56.4. The summed E-state index contributed by atoms with van der Waals surface area (Å²) in [6.07, 6.45) is 1.61. The molecular formula is C64H65ClN6Na3O26P. The molecule has 0 bridgehead atoms. The predicted octanol–water partition coefficient (Wildman–Crippen LogP) is -7.91. The number of carbonyl (C=O) groups excluding carboxylic acids is 6. The van der Waals surface area contributed by atoms with Gasteiger partial charge in [-0.25, -0.2) is 4.79 Å². The molecule has 8 rings (SSSR count). The Kier molecular flexibility index (Phi) is 38.0. The van der Waals surface area contributed by atoms with Gasteiger partial charge in [0.2, 0.25) is 12.6 Å². The second kappa shape index (κ2) is 43.9. The molecule has 8 aromatic rings. The van der Waals surface area contributed by atoms with Gasteiger partial charge >= 0.3 is 107 Å². The van der Waals surface area contributed by atoms with Gasteiger partial charge in [0.15, 0.2) is 45.1 Å². The second-order valence-corrected chi connectivity index (χ2v) is 21.3. The summed E-state index contributed by atoms with van der Waals surface area (Å²) < 4.78 is 57.6. The number of halogens is 1. The molecule has 0 spiro atoms. The Hall–Kier alpha value is -7.76. The van der Waals surface area contributed by atoms with Crippen LogP contribution in [0.1, 0.15) is 94.6 Å². The van der Waals surface area contributed by atoms with Crippen molar-refractivity contribution in [2.45, 2.75) is 76.7 Å². The van der Waals surface area contributed by atoms with Crippen LogP contribution in [0.15, 0.2) is 144 Å². The third-order valence-electron chi connectivity index (χ3n) is 13.3. The first-order chi connectivity index (χ1) is 46.8. The van der Waals surface area contributed by atoms with Crippen molar-refractivity contribution >= 4 is 112 Å². The van der Waals surface area contributed by atoms with E-state index in [0.29, 0.717) is 50.4 Å². The fourth-order valence-electron chi connectivity index (χ4n) is 8.74. The number of nitrogens with two attached hydrogens (primary N) is 3. The van der Waals surface area contributed by atoms with Crippen LogP contribution in [0.5, 0.6) is 23.0 Å². The summed E-state index contributed by atoms with van der Waals surface area (Å²) in [6, 6.07) is 19.0. The minimum Gasteiger partial charge on any atom is -0.542 e. The number of nitrogens with one attached hydrogen (secondary N) is 1. The minimum absolute atomic E-state index is 0. The molecule has 522 valence electrons. The smallest absolute Gasteiger partial charge is 0.542 e. The van der Waals surface area contributed by atoms with Crippen LogP contribution in [0, 0.1) is 0 Å². The zero-order chi connectivity index (χ0) is 71.6. The summed E-state index contributed by atoms with van der Waals surface area (Å²) in [7, 11) is 2.31. The molecule has 32 nitrogen and oxygen atoms in total. The van der Waals surface area contributed by atoms with Gasteiger partial charge in [-0.1, -0.05) is 45.3 Å². The van der Waals surface area contributed by atoms with Crippen LogP contribution in [-0.2, 0) is 23.8 Å². The van der Waals surface area contributed by atoms with E-state index >= 15 is 0 Å². The molecule has 0 saturated heterocycles. The molecule has 37 heteroatoms. The summed E-state index contributed by atoms with van der Waals surface area (Å²) in [5.41, 5.74) is 13.9. The van der Waals surface area contributed by atoms with E-state index in [4.69, 9.17) is 79.6 Å². The number of benzene rings is 4. The first-order valence-corrected chi connectivity index (χ1v) is 30.5. The molecule has 4 heterocycles. The van der Waals surface area contributed by atoms with Gasteiger partial charge in [0.1, 0.15) is 136 Å². The van der Waals surface area contributed by atoms with Gasteiger partial charge in [0.25, 0.3) is 0 Å². The van der Waals surface area contributed by atoms with Gasteiger partial charge in [-0.3, -0.25) is 43.8 Å². The van der Waals surface area contributed by atoms with Crippen molar-refractivity contribution in [2.75, 3.05) is 52.4 Å². The maximum atomic E-state index is 12.9. The molecule has 9 N–H and O–H groups in total. The number of carboxylic acids is 3. The summed E-state index contributed by atoms with van der Waals surface area (Å²) >= 11 is 5.31. The number of rotatable bonds is 32. The number of aromatic carboxylic acids is 3. The number of aliphatic imine (C=N–C) groups is 2.